The van der Waals surface area contributed by atoms with Crippen molar-refractivity contribution < 1.29 is 80.2 Å². The van der Waals surface area contributed by atoms with Crippen LogP contribution >= 0.6 is 15.6 Å². The summed E-state index contributed by atoms with van der Waals surface area (Å²) in [5.41, 5.74) is 0. The molecular weight excluding hydrogens is 1340 g/mol. The number of unbranched alkanes of at least 4 members (excludes halogenated alkanes) is 49. The van der Waals surface area contributed by atoms with Gasteiger partial charge in [-0.1, -0.05) is 389 Å². The topological polar surface area (TPSA) is 237 Å². The molecule has 17 nitrogen and oxygen atoms in total. The van der Waals surface area contributed by atoms with Crippen LogP contribution in [0.15, 0.2) is 0 Å². The average Bonchev–Trinajstić information content (AvgIpc) is 1.01. The number of hydrogen-bond donors (Lipinski definition) is 3. The van der Waals surface area contributed by atoms with E-state index in [-0.39, 0.29) is 25.7 Å². The number of hydrogen-bond acceptors (Lipinski definition) is 15. The third-order valence-corrected chi connectivity index (χ3v) is 21.9. The quantitative estimate of drug-likeness (QED) is 0.0222. The molecule has 3 unspecified atom stereocenters. The first-order valence-corrected chi connectivity index (χ1v) is 46.4. The molecule has 0 aliphatic carbocycles. The summed E-state index contributed by atoms with van der Waals surface area (Å²) in [6.45, 7) is 12.1. The second kappa shape index (κ2) is 74.2. The predicted octanol–water partition coefficient (Wildman–Crippen LogP) is 25.3. The average molecular weight is 1510 g/mol. The Balaban J connectivity index is 5.27. The second-order valence-electron chi connectivity index (χ2n) is 31.4. The zero-order valence-electron chi connectivity index (χ0n) is 67.8. The highest BCUT2D eigenvalue weighted by atomic mass is 31.2. The van der Waals surface area contributed by atoms with Gasteiger partial charge in [-0.3, -0.25) is 37.3 Å². The van der Waals surface area contributed by atoms with Crippen molar-refractivity contribution in [2.24, 2.45) is 17.8 Å². The molecule has 0 aliphatic rings. The molecule has 0 radical (unpaired) electrons. The van der Waals surface area contributed by atoms with Crippen LogP contribution in [0, 0.1) is 17.8 Å². The molecule has 0 amide bonds. The van der Waals surface area contributed by atoms with E-state index in [1.54, 1.807) is 0 Å². The van der Waals surface area contributed by atoms with Crippen molar-refractivity contribution in [1.82, 2.24) is 0 Å². The molecule has 103 heavy (non-hydrogen) atoms. The molecule has 612 valence electrons. The lowest BCUT2D eigenvalue weighted by molar-refractivity contribution is -0.161. The Kier molecular flexibility index (Phi) is 72.8. The van der Waals surface area contributed by atoms with Crippen molar-refractivity contribution in [2.45, 2.75) is 458 Å². The first-order valence-electron chi connectivity index (χ1n) is 43.4. The van der Waals surface area contributed by atoms with Crippen LogP contribution in [0.1, 0.15) is 440 Å². The van der Waals surface area contributed by atoms with Gasteiger partial charge in [-0.05, 0) is 43.4 Å². The number of aliphatic hydroxyl groups is 1. The zero-order chi connectivity index (χ0) is 75.8. The van der Waals surface area contributed by atoms with E-state index >= 15 is 0 Å². The Hall–Kier alpha value is -1.94. The van der Waals surface area contributed by atoms with Crippen LogP contribution in [0.2, 0.25) is 0 Å². The number of aliphatic hydroxyl groups excluding tert-OH is 1. The summed E-state index contributed by atoms with van der Waals surface area (Å²) in [5.74, 6) is 0.313. The largest absolute Gasteiger partial charge is 0.472 e. The fraction of sp³-hybridized carbons (Fsp3) is 0.952. The summed E-state index contributed by atoms with van der Waals surface area (Å²) in [5, 5.41) is 10.7. The van der Waals surface area contributed by atoms with Crippen molar-refractivity contribution >= 4 is 39.5 Å². The fourth-order valence-corrected chi connectivity index (χ4v) is 14.6. The summed E-state index contributed by atoms with van der Waals surface area (Å²) >= 11 is 0. The molecule has 0 fully saturated rings. The third kappa shape index (κ3) is 76.6. The van der Waals surface area contributed by atoms with Crippen LogP contribution < -0.4 is 0 Å². The van der Waals surface area contributed by atoms with Gasteiger partial charge in [-0.2, -0.15) is 0 Å². The maximum atomic E-state index is 13.1. The summed E-state index contributed by atoms with van der Waals surface area (Å²) in [7, 11) is -9.93. The van der Waals surface area contributed by atoms with Crippen LogP contribution in [-0.2, 0) is 65.4 Å². The van der Waals surface area contributed by atoms with Gasteiger partial charge in [-0.25, -0.2) is 9.13 Å². The summed E-state index contributed by atoms with van der Waals surface area (Å²) in [6, 6.07) is 0. The highest BCUT2D eigenvalue weighted by Gasteiger charge is 2.30. The van der Waals surface area contributed by atoms with E-state index in [0.717, 1.165) is 108 Å². The molecule has 3 N–H and O–H groups in total. The van der Waals surface area contributed by atoms with E-state index in [4.69, 9.17) is 37.0 Å². The Morgan fingerprint density at radius 2 is 0.495 bits per heavy atom. The normalized spacial score (nSPS) is 14.2. The van der Waals surface area contributed by atoms with Crippen molar-refractivity contribution in [3.63, 3.8) is 0 Å². The van der Waals surface area contributed by atoms with E-state index in [9.17, 15) is 43.2 Å². The maximum absolute atomic E-state index is 13.1. The van der Waals surface area contributed by atoms with Crippen molar-refractivity contribution in [2.75, 3.05) is 39.6 Å². The number of phosphoric acid groups is 2. The predicted molar refractivity (Wildman–Crippen MR) is 423 cm³/mol. The molecule has 0 aromatic carbocycles. The molecule has 0 aromatic heterocycles. The van der Waals surface area contributed by atoms with Gasteiger partial charge >= 0.3 is 39.5 Å². The van der Waals surface area contributed by atoms with Crippen LogP contribution in [0.4, 0.5) is 0 Å². The summed E-state index contributed by atoms with van der Waals surface area (Å²) in [6.07, 6.45) is 63.6. The number of esters is 4. The fourth-order valence-electron chi connectivity index (χ4n) is 13.0. The van der Waals surface area contributed by atoms with Crippen LogP contribution in [-0.4, -0.2) is 96.7 Å². The molecule has 0 saturated heterocycles. The van der Waals surface area contributed by atoms with Gasteiger partial charge in [0.05, 0.1) is 26.4 Å². The maximum Gasteiger partial charge on any atom is 0.472 e. The molecule has 0 saturated carbocycles. The minimum absolute atomic E-state index is 0.107. The Morgan fingerprint density at radius 3 is 0.738 bits per heavy atom. The number of carbonyl (C=O) groups excluding carboxylic acids is 4. The van der Waals surface area contributed by atoms with Gasteiger partial charge in [-0.15, -0.1) is 0 Å². The number of ether oxygens (including phenoxy) is 4. The van der Waals surface area contributed by atoms with Gasteiger partial charge in [0.1, 0.15) is 19.3 Å². The van der Waals surface area contributed by atoms with Gasteiger partial charge in [0.2, 0.25) is 0 Å². The highest BCUT2D eigenvalue weighted by molar-refractivity contribution is 7.47. The minimum atomic E-state index is -4.97. The van der Waals surface area contributed by atoms with Crippen molar-refractivity contribution in [3.8, 4) is 0 Å². The van der Waals surface area contributed by atoms with Crippen molar-refractivity contribution in [1.29, 1.82) is 0 Å². The molecule has 0 rings (SSSR count). The van der Waals surface area contributed by atoms with E-state index in [2.05, 4.69) is 48.5 Å². The number of carbonyl (C=O) groups is 4. The Morgan fingerprint density at radius 1 is 0.282 bits per heavy atom. The Labute approximate surface area is 632 Å². The molecule has 0 bridgehead atoms. The molecular formula is C84H164O17P2. The molecule has 0 spiro atoms. The second-order valence-corrected chi connectivity index (χ2v) is 34.3. The monoisotopic (exact) mass is 1510 g/mol. The summed E-state index contributed by atoms with van der Waals surface area (Å²) in [4.78, 5) is 73.2. The molecule has 19 heteroatoms. The lowest BCUT2D eigenvalue weighted by Crippen LogP contribution is -2.30. The SMILES string of the molecule is CCCCCCCCCCCCCCCC(=O)OC[C@H](COP(=O)(O)OC[C@H](O)COP(=O)(O)OC[C@@H](COC(=O)CCCCCCCCCCCCCCCCC(C)CC)OC(=O)CCCCCCCCCCCCCCCCCC(C)C)OC(=O)CCCCCCCCCCCCCC(C)C. The van der Waals surface area contributed by atoms with E-state index in [0.29, 0.717) is 25.7 Å². The van der Waals surface area contributed by atoms with Gasteiger partial charge < -0.3 is 33.8 Å². The highest BCUT2D eigenvalue weighted by Crippen LogP contribution is 2.45. The molecule has 0 heterocycles. The molecule has 0 aromatic rings. The number of rotatable bonds is 82. The Bertz CT molecular complexity index is 1990. The van der Waals surface area contributed by atoms with Crippen molar-refractivity contribution in [3.05, 3.63) is 0 Å². The van der Waals surface area contributed by atoms with E-state index in [1.807, 2.05) is 0 Å². The smallest absolute Gasteiger partial charge is 0.462 e. The van der Waals surface area contributed by atoms with Gasteiger partial charge in [0, 0.05) is 25.7 Å². The van der Waals surface area contributed by atoms with Crippen LogP contribution in [0.3, 0.4) is 0 Å². The zero-order valence-corrected chi connectivity index (χ0v) is 69.6. The van der Waals surface area contributed by atoms with Gasteiger partial charge in [0.25, 0.3) is 0 Å². The minimum Gasteiger partial charge on any atom is -0.462 e. The third-order valence-electron chi connectivity index (χ3n) is 20.0. The molecule has 0 aliphatic heterocycles. The first kappa shape index (κ1) is 101. The lowest BCUT2D eigenvalue weighted by Gasteiger charge is -2.21. The molecule has 6 atom stereocenters. The van der Waals surface area contributed by atoms with Gasteiger partial charge in [0.15, 0.2) is 12.2 Å². The van der Waals surface area contributed by atoms with E-state index in [1.165, 1.54) is 250 Å². The van der Waals surface area contributed by atoms with E-state index < -0.39 is 97.5 Å². The van der Waals surface area contributed by atoms with Crippen LogP contribution in [0.25, 0.3) is 0 Å². The lowest BCUT2D eigenvalue weighted by atomic mass is 9.99. The standard InChI is InChI=1S/C84H164O17P2/c1-8-10-11-12-13-14-15-21-30-37-44-51-58-65-81(86)94-72-80(101-84(89)68-61-54-47-40-33-26-28-35-42-49-56-63-76(5)6)74-99-103(92,93)97-70-78(85)69-96-102(90,91)98-73-79(100-83(88)67-60-53-46-39-32-25-18-16-17-22-27-34-41-48-55-62-75(3)4)71-95-82(87)66-59-52-45-38-31-24-20-19-23-29-36-43-50-57-64-77(7)9-2/h75-80,85H,8-74H2,1-7H3,(H,90,91)(H,92,93)/t77?,78-,79-,80-/m1/s1. The number of phosphoric ester groups is 2. The summed E-state index contributed by atoms with van der Waals surface area (Å²) < 4.78 is 68.9. The van der Waals surface area contributed by atoms with Crippen LogP contribution in [0.5, 0.6) is 0 Å². The first-order chi connectivity index (χ1) is 49.8.